The second kappa shape index (κ2) is 8.15. The molecule has 2 N–H and O–H groups in total. The first-order valence-corrected chi connectivity index (χ1v) is 10.5. The molecule has 2 aliphatic rings. The molecule has 2 aromatic rings. The molecule has 12 heteroatoms. The van der Waals surface area contributed by atoms with Gasteiger partial charge in [0.25, 0.3) is 5.91 Å². The predicted molar refractivity (Wildman–Crippen MR) is 103 cm³/mol. The average Bonchev–Trinajstić information content (AvgIpc) is 3.37. The van der Waals surface area contributed by atoms with Gasteiger partial charge in [-0.25, -0.2) is 9.18 Å². The third-order valence-corrected chi connectivity index (χ3v) is 6.05. The molecule has 1 atom stereocenters. The average molecular weight is 422 g/mol. The molecule has 3 heterocycles. The molecule has 0 aliphatic carbocycles. The Morgan fingerprint density at radius 1 is 1.38 bits per heavy atom. The Kier molecular flexibility index (Phi) is 5.43. The molecule has 0 spiro atoms. The molecule has 1 aromatic heterocycles. The number of hydrogen-bond acceptors (Lipinski definition) is 7. The zero-order valence-electron chi connectivity index (χ0n) is 15.3. The first-order valence-electron chi connectivity index (χ1n) is 9.03. The second-order valence-electron chi connectivity index (χ2n) is 6.65. The summed E-state index contributed by atoms with van der Waals surface area (Å²) in [5.41, 5.74) is 0.932. The lowest BCUT2D eigenvalue weighted by Gasteiger charge is -2.29. The molecule has 0 radical (unpaired) electrons. The quantitative estimate of drug-likeness (QED) is 0.709. The Balaban J connectivity index is 1.38. The summed E-state index contributed by atoms with van der Waals surface area (Å²) in [7, 11) is -0.844. The van der Waals surface area contributed by atoms with Crippen molar-refractivity contribution >= 4 is 34.2 Å². The van der Waals surface area contributed by atoms with E-state index in [1.165, 1.54) is 17.2 Å². The molecule has 0 bridgehead atoms. The highest BCUT2D eigenvalue weighted by atomic mass is 32.2. The van der Waals surface area contributed by atoms with Crippen LogP contribution in [0, 0.1) is 5.82 Å². The van der Waals surface area contributed by atoms with Crippen LogP contribution >= 0.6 is 0 Å². The molecule has 2 fully saturated rings. The van der Waals surface area contributed by atoms with Gasteiger partial charge in [-0.2, -0.15) is 15.4 Å². The summed E-state index contributed by atoms with van der Waals surface area (Å²) in [5.74, 6) is 0.139. The van der Waals surface area contributed by atoms with Crippen molar-refractivity contribution < 1.29 is 22.9 Å². The van der Waals surface area contributed by atoms with Gasteiger partial charge in [-0.3, -0.25) is 13.9 Å². The lowest BCUT2D eigenvalue weighted by molar-refractivity contribution is 0.0911. The van der Waals surface area contributed by atoms with Crippen LogP contribution in [-0.4, -0.2) is 75.4 Å². The third kappa shape index (κ3) is 4.21. The van der Waals surface area contributed by atoms with E-state index in [4.69, 9.17) is 4.74 Å². The summed E-state index contributed by atoms with van der Waals surface area (Å²) in [6.07, 6.45) is 0.108. The fourth-order valence-corrected chi connectivity index (χ4v) is 4.30. The number of ether oxygens (including phenoxy) is 1. The van der Waals surface area contributed by atoms with Crippen molar-refractivity contribution in [3.63, 3.8) is 0 Å². The van der Waals surface area contributed by atoms with Gasteiger partial charge in [-0.05, 0) is 18.2 Å². The van der Waals surface area contributed by atoms with E-state index in [-0.39, 0.29) is 18.8 Å². The molecule has 0 saturated carbocycles. The summed E-state index contributed by atoms with van der Waals surface area (Å²) in [6, 6.07) is 4.56. The largest absolute Gasteiger partial charge is 0.442 e. The number of anilines is 2. The maximum absolute atomic E-state index is 14.7. The number of amides is 2. The maximum Gasteiger partial charge on any atom is 0.414 e. The molecule has 10 nitrogen and oxygen atoms in total. The van der Waals surface area contributed by atoms with Crippen molar-refractivity contribution in [2.75, 3.05) is 47.5 Å². The van der Waals surface area contributed by atoms with E-state index in [0.29, 0.717) is 36.0 Å². The summed E-state index contributed by atoms with van der Waals surface area (Å²) in [4.78, 5) is 27.3. The van der Waals surface area contributed by atoms with Gasteiger partial charge in [-0.1, -0.05) is 0 Å². The first-order chi connectivity index (χ1) is 14.0. The lowest BCUT2D eigenvalue weighted by atomic mass is 10.2. The summed E-state index contributed by atoms with van der Waals surface area (Å²) < 4.78 is 31.4. The van der Waals surface area contributed by atoms with Gasteiger partial charge < -0.3 is 15.0 Å². The number of cyclic esters (lactones) is 1. The zero-order chi connectivity index (χ0) is 20.4. The van der Waals surface area contributed by atoms with E-state index in [1.54, 1.807) is 12.1 Å². The number of rotatable bonds is 5. The molecule has 2 amide bonds. The molecule has 2 aliphatic heterocycles. The highest BCUT2D eigenvalue weighted by Gasteiger charge is 2.33. The van der Waals surface area contributed by atoms with Crippen LogP contribution in [0.3, 0.4) is 0 Å². The fourth-order valence-electron chi connectivity index (χ4n) is 3.25. The predicted octanol–water partition coefficient (Wildman–Crippen LogP) is 0.268. The molecular formula is C17H19FN6O4S. The molecular weight excluding hydrogens is 403 g/mol. The summed E-state index contributed by atoms with van der Waals surface area (Å²) in [5, 5.41) is 12.2. The number of halogens is 1. The highest BCUT2D eigenvalue weighted by Crippen LogP contribution is 2.28. The number of aromatic amines is 1. The zero-order valence-corrected chi connectivity index (χ0v) is 16.2. The van der Waals surface area contributed by atoms with Crippen LogP contribution in [0.2, 0.25) is 0 Å². The minimum absolute atomic E-state index is 0.0966. The van der Waals surface area contributed by atoms with Crippen LogP contribution in [-0.2, 0) is 15.5 Å². The molecule has 2 saturated heterocycles. The smallest absolute Gasteiger partial charge is 0.414 e. The van der Waals surface area contributed by atoms with Crippen molar-refractivity contribution in [3.05, 3.63) is 35.9 Å². The van der Waals surface area contributed by atoms with Gasteiger partial charge in [0, 0.05) is 35.4 Å². The Bertz CT molecular complexity index is 930. The van der Waals surface area contributed by atoms with Crippen LogP contribution in [0.5, 0.6) is 0 Å². The van der Waals surface area contributed by atoms with E-state index in [1.807, 2.05) is 4.90 Å². The third-order valence-electron chi connectivity index (χ3n) is 4.77. The van der Waals surface area contributed by atoms with Crippen LogP contribution in [0.1, 0.15) is 10.5 Å². The van der Waals surface area contributed by atoms with Gasteiger partial charge in [-0.15, -0.1) is 0 Å². The molecule has 4 rings (SSSR count). The lowest BCUT2D eigenvalue weighted by Crippen LogP contribution is -2.38. The number of benzene rings is 1. The van der Waals surface area contributed by atoms with Crippen molar-refractivity contribution in [2.24, 2.45) is 0 Å². The minimum atomic E-state index is -0.844. The maximum atomic E-state index is 14.7. The number of hydrogen-bond donors (Lipinski definition) is 2. The minimum Gasteiger partial charge on any atom is -0.442 e. The SMILES string of the molecule is O=C(NC[C@H]1CN(c2ccc(N3CCS(=O)CC3)c(F)c2)C(=O)O1)c1cn[nH]n1. The van der Waals surface area contributed by atoms with Gasteiger partial charge in [0.15, 0.2) is 5.69 Å². The van der Waals surface area contributed by atoms with Crippen molar-refractivity contribution in [1.29, 1.82) is 0 Å². The molecule has 0 unspecified atom stereocenters. The van der Waals surface area contributed by atoms with E-state index >= 15 is 0 Å². The van der Waals surface area contributed by atoms with Gasteiger partial charge in [0.05, 0.1) is 30.7 Å². The molecule has 1 aromatic carbocycles. The number of H-pyrrole nitrogens is 1. The number of carbonyl (C=O) groups is 2. The van der Waals surface area contributed by atoms with Crippen molar-refractivity contribution in [2.45, 2.75) is 6.10 Å². The van der Waals surface area contributed by atoms with Gasteiger partial charge in [0.2, 0.25) is 0 Å². The summed E-state index contributed by atoms with van der Waals surface area (Å²) in [6.45, 7) is 1.34. The topological polar surface area (TPSA) is 121 Å². The van der Waals surface area contributed by atoms with Gasteiger partial charge >= 0.3 is 6.09 Å². The Hall–Kier alpha value is -3.02. The van der Waals surface area contributed by atoms with Gasteiger partial charge in [0.1, 0.15) is 11.9 Å². The number of aromatic nitrogens is 3. The monoisotopic (exact) mass is 422 g/mol. The Labute approximate surface area is 167 Å². The molecule has 154 valence electrons. The van der Waals surface area contributed by atoms with Crippen molar-refractivity contribution in [1.82, 2.24) is 20.7 Å². The van der Waals surface area contributed by atoms with Crippen molar-refractivity contribution in [3.8, 4) is 0 Å². The summed E-state index contributed by atoms with van der Waals surface area (Å²) >= 11 is 0. The highest BCUT2D eigenvalue weighted by molar-refractivity contribution is 7.85. The fraction of sp³-hybridized carbons (Fsp3) is 0.412. The van der Waals surface area contributed by atoms with Crippen LogP contribution in [0.25, 0.3) is 0 Å². The van der Waals surface area contributed by atoms with Crippen LogP contribution < -0.4 is 15.1 Å². The first kappa shape index (κ1) is 19.3. The Morgan fingerprint density at radius 2 is 2.17 bits per heavy atom. The standard InChI is InChI=1S/C17H19FN6O4S/c18-13-7-11(1-2-15(13)23-3-5-29(27)6-4-23)24-10-12(28-17(24)26)8-19-16(25)14-9-20-22-21-14/h1-2,7,9,12H,3-6,8,10H2,(H,19,25)(H,20,21,22)/t12-/m0/s1. The Morgan fingerprint density at radius 3 is 2.86 bits per heavy atom. The molecule has 29 heavy (non-hydrogen) atoms. The van der Waals surface area contributed by atoms with E-state index in [0.717, 1.165) is 0 Å². The van der Waals surface area contributed by atoms with E-state index in [2.05, 4.69) is 20.7 Å². The van der Waals surface area contributed by atoms with E-state index < -0.39 is 34.7 Å². The van der Waals surface area contributed by atoms with Crippen LogP contribution in [0.15, 0.2) is 24.4 Å². The normalized spacial score (nSPS) is 20.0. The number of carbonyl (C=O) groups excluding carboxylic acids is 2. The van der Waals surface area contributed by atoms with E-state index in [9.17, 15) is 18.2 Å². The number of nitrogens with one attached hydrogen (secondary N) is 2. The van der Waals surface area contributed by atoms with Crippen LogP contribution in [0.4, 0.5) is 20.6 Å². The number of nitrogens with zero attached hydrogens (tertiary/aromatic N) is 4. The second-order valence-corrected chi connectivity index (χ2v) is 8.35.